The van der Waals surface area contributed by atoms with Crippen LogP contribution in [0.2, 0.25) is 0 Å². The van der Waals surface area contributed by atoms with E-state index in [9.17, 15) is 14.0 Å². The van der Waals surface area contributed by atoms with E-state index in [1.54, 1.807) is 19.2 Å². The van der Waals surface area contributed by atoms with Gasteiger partial charge in [-0.2, -0.15) is 0 Å². The number of hydrogen-bond acceptors (Lipinski definition) is 5. The largest absolute Gasteiger partial charge is 0.496 e. The summed E-state index contributed by atoms with van der Waals surface area (Å²) < 4.78 is 19.9. The maximum Gasteiger partial charge on any atom is 0.236 e. The van der Waals surface area contributed by atoms with Crippen molar-refractivity contribution < 1.29 is 18.7 Å². The molecule has 0 aliphatic carbocycles. The molecule has 7 heteroatoms. The summed E-state index contributed by atoms with van der Waals surface area (Å²) in [6.07, 6.45) is 0. The summed E-state index contributed by atoms with van der Waals surface area (Å²) in [5.41, 5.74) is 4.16. The quantitative estimate of drug-likeness (QED) is 0.616. The number of likely N-dealkylation sites (N-methyl/N-ethyl adjacent to an activating group) is 1. The van der Waals surface area contributed by atoms with Crippen molar-refractivity contribution in [2.24, 2.45) is 0 Å². The molecule has 0 aromatic heterocycles. The third kappa shape index (κ3) is 5.46. The second-order valence-electron chi connectivity index (χ2n) is 8.53. The lowest BCUT2D eigenvalue weighted by Gasteiger charge is -2.37. The molecular weight excluding hydrogens is 409 g/mol. The number of Topliss-reactive ketones (excluding diaryl/α,β-unsaturated/α-hetero) is 1. The Morgan fingerprint density at radius 1 is 1.06 bits per heavy atom. The standard InChI is InChI=1S/C25H32FN3O3/c1-17-12-20(13-18(2)25(17)32-5)15-27(4)16-24(31)29-10-8-28(9-11-29)23-7-6-21(19(3)30)14-22(23)26/h6-7,12-14H,8-11,15-16H2,1-5H3. The zero-order chi connectivity index (χ0) is 23.4. The second kappa shape index (κ2) is 10.1. The number of nitrogens with zero attached hydrogens (tertiary/aromatic N) is 3. The molecule has 0 spiro atoms. The highest BCUT2D eigenvalue weighted by molar-refractivity contribution is 5.94. The third-order valence-electron chi connectivity index (χ3n) is 5.91. The number of ketones is 1. The number of amides is 1. The number of ether oxygens (including phenoxy) is 1. The van der Waals surface area contributed by atoms with Crippen LogP contribution < -0.4 is 9.64 Å². The first-order valence-electron chi connectivity index (χ1n) is 10.9. The van der Waals surface area contributed by atoms with Gasteiger partial charge in [-0.05, 0) is 62.7 Å². The number of methoxy groups -OCH3 is 1. The van der Waals surface area contributed by atoms with Crippen molar-refractivity contribution >= 4 is 17.4 Å². The maximum absolute atomic E-state index is 14.4. The van der Waals surface area contributed by atoms with Crippen LogP contribution in [-0.4, -0.2) is 68.4 Å². The number of benzene rings is 2. The van der Waals surface area contributed by atoms with Crippen LogP contribution >= 0.6 is 0 Å². The Bertz CT molecular complexity index is 977. The minimum absolute atomic E-state index is 0.0708. The van der Waals surface area contributed by atoms with Gasteiger partial charge < -0.3 is 14.5 Å². The summed E-state index contributed by atoms with van der Waals surface area (Å²) in [4.78, 5) is 30.0. The highest BCUT2D eigenvalue weighted by Gasteiger charge is 2.24. The molecule has 1 heterocycles. The Kier molecular flexibility index (Phi) is 7.51. The lowest BCUT2D eigenvalue weighted by Crippen LogP contribution is -2.51. The molecule has 2 aromatic carbocycles. The van der Waals surface area contributed by atoms with E-state index < -0.39 is 5.82 Å². The summed E-state index contributed by atoms with van der Waals surface area (Å²) >= 11 is 0. The maximum atomic E-state index is 14.4. The van der Waals surface area contributed by atoms with Crippen molar-refractivity contribution in [2.75, 3.05) is 51.8 Å². The Morgan fingerprint density at radius 3 is 2.22 bits per heavy atom. The fourth-order valence-corrected chi connectivity index (χ4v) is 4.33. The molecule has 6 nitrogen and oxygen atoms in total. The Labute approximate surface area is 189 Å². The smallest absolute Gasteiger partial charge is 0.236 e. The average Bonchev–Trinajstić information content (AvgIpc) is 2.73. The van der Waals surface area contributed by atoms with Crippen LogP contribution in [0, 0.1) is 19.7 Å². The van der Waals surface area contributed by atoms with Gasteiger partial charge in [-0.25, -0.2) is 4.39 Å². The number of aryl methyl sites for hydroxylation is 2. The first-order valence-corrected chi connectivity index (χ1v) is 10.9. The van der Waals surface area contributed by atoms with Crippen LogP contribution in [0.3, 0.4) is 0 Å². The molecule has 0 atom stereocenters. The second-order valence-corrected chi connectivity index (χ2v) is 8.53. The Balaban J connectivity index is 1.54. The van der Waals surface area contributed by atoms with Crippen LogP contribution in [0.25, 0.3) is 0 Å². The van der Waals surface area contributed by atoms with Gasteiger partial charge in [0.05, 0.1) is 19.3 Å². The molecule has 1 amide bonds. The van der Waals surface area contributed by atoms with E-state index >= 15 is 0 Å². The molecule has 0 bridgehead atoms. The zero-order valence-corrected chi connectivity index (χ0v) is 19.6. The lowest BCUT2D eigenvalue weighted by atomic mass is 10.1. The SMILES string of the molecule is COc1c(C)cc(CN(C)CC(=O)N2CCN(c3ccc(C(C)=O)cc3F)CC2)cc1C. The van der Waals surface area contributed by atoms with Crippen LogP contribution in [0.15, 0.2) is 30.3 Å². The van der Waals surface area contributed by atoms with Crippen molar-refractivity contribution in [3.63, 3.8) is 0 Å². The van der Waals surface area contributed by atoms with Crippen molar-refractivity contribution in [2.45, 2.75) is 27.3 Å². The van der Waals surface area contributed by atoms with Crippen LogP contribution in [0.1, 0.15) is 34.0 Å². The first-order chi connectivity index (χ1) is 15.2. The van der Waals surface area contributed by atoms with E-state index in [2.05, 4.69) is 12.1 Å². The average molecular weight is 442 g/mol. The normalized spacial score (nSPS) is 14.1. The predicted octanol–water partition coefficient (Wildman–Crippen LogP) is 3.43. The molecule has 1 saturated heterocycles. The molecule has 0 radical (unpaired) electrons. The van der Waals surface area contributed by atoms with Gasteiger partial charge in [0.25, 0.3) is 0 Å². The van der Waals surface area contributed by atoms with E-state index in [1.165, 1.54) is 13.0 Å². The number of rotatable bonds is 7. The summed E-state index contributed by atoms with van der Waals surface area (Å²) in [6, 6.07) is 8.77. The van der Waals surface area contributed by atoms with E-state index in [-0.39, 0.29) is 11.7 Å². The Morgan fingerprint density at radius 2 is 1.69 bits per heavy atom. The molecule has 0 N–H and O–H groups in total. The zero-order valence-electron chi connectivity index (χ0n) is 19.6. The number of carbonyl (C=O) groups is 2. The summed E-state index contributed by atoms with van der Waals surface area (Å²) in [5, 5.41) is 0. The molecule has 1 aliphatic heterocycles. The highest BCUT2D eigenvalue weighted by atomic mass is 19.1. The van der Waals surface area contributed by atoms with Crippen LogP contribution in [0.5, 0.6) is 5.75 Å². The van der Waals surface area contributed by atoms with Gasteiger partial charge in [-0.15, -0.1) is 0 Å². The monoisotopic (exact) mass is 441 g/mol. The molecule has 1 aliphatic rings. The molecule has 1 fully saturated rings. The molecule has 2 aromatic rings. The van der Waals surface area contributed by atoms with Gasteiger partial charge in [0, 0.05) is 38.3 Å². The van der Waals surface area contributed by atoms with E-state index in [1.807, 2.05) is 35.6 Å². The van der Waals surface area contributed by atoms with Crippen molar-refractivity contribution in [3.05, 3.63) is 58.4 Å². The molecule has 0 saturated carbocycles. The van der Waals surface area contributed by atoms with Gasteiger partial charge in [-0.3, -0.25) is 14.5 Å². The minimum Gasteiger partial charge on any atom is -0.496 e. The molecular formula is C25H32FN3O3. The molecule has 0 unspecified atom stereocenters. The lowest BCUT2D eigenvalue weighted by molar-refractivity contribution is -0.132. The summed E-state index contributed by atoms with van der Waals surface area (Å²) in [5.74, 6) is 0.413. The van der Waals surface area contributed by atoms with Crippen LogP contribution in [-0.2, 0) is 11.3 Å². The Hall–Kier alpha value is -2.93. The fourth-order valence-electron chi connectivity index (χ4n) is 4.33. The van der Waals surface area contributed by atoms with Gasteiger partial charge in [0.15, 0.2) is 5.78 Å². The van der Waals surface area contributed by atoms with E-state index in [0.29, 0.717) is 50.5 Å². The number of piperazine rings is 1. The predicted molar refractivity (Wildman–Crippen MR) is 124 cm³/mol. The van der Waals surface area contributed by atoms with E-state index in [4.69, 9.17) is 4.74 Å². The van der Waals surface area contributed by atoms with Gasteiger partial charge in [0.2, 0.25) is 5.91 Å². The minimum atomic E-state index is -0.401. The van der Waals surface area contributed by atoms with Gasteiger partial charge in [0.1, 0.15) is 11.6 Å². The van der Waals surface area contributed by atoms with Crippen LogP contribution in [0.4, 0.5) is 10.1 Å². The van der Waals surface area contributed by atoms with Crippen molar-refractivity contribution in [3.8, 4) is 5.75 Å². The summed E-state index contributed by atoms with van der Waals surface area (Å²) in [6.45, 7) is 8.67. The third-order valence-corrected chi connectivity index (χ3v) is 5.91. The van der Waals surface area contributed by atoms with Gasteiger partial charge >= 0.3 is 0 Å². The number of halogens is 1. The molecule has 172 valence electrons. The topological polar surface area (TPSA) is 53.1 Å². The molecule has 32 heavy (non-hydrogen) atoms. The van der Waals surface area contributed by atoms with E-state index in [0.717, 1.165) is 22.4 Å². The first kappa shape index (κ1) is 23.7. The molecule has 3 rings (SSSR count). The van der Waals surface area contributed by atoms with Crippen molar-refractivity contribution in [1.82, 2.24) is 9.80 Å². The number of carbonyl (C=O) groups excluding carboxylic acids is 2. The number of anilines is 1. The highest BCUT2D eigenvalue weighted by Crippen LogP contribution is 2.25. The summed E-state index contributed by atoms with van der Waals surface area (Å²) in [7, 11) is 3.62. The fraction of sp³-hybridized carbons (Fsp3) is 0.440. The number of hydrogen-bond donors (Lipinski definition) is 0. The van der Waals surface area contributed by atoms with Gasteiger partial charge in [-0.1, -0.05) is 12.1 Å². The van der Waals surface area contributed by atoms with Crippen molar-refractivity contribution in [1.29, 1.82) is 0 Å².